The average molecular weight is 269 g/mol. The van der Waals surface area contributed by atoms with Gasteiger partial charge in [-0.05, 0) is 27.0 Å². The largest absolute Gasteiger partial charge is 0.366 e. The first-order valence-corrected chi connectivity index (χ1v) is 6.59. The minimum absolute atomic E-state index is 0.0125. The fourth-order valence-electron chi connectivity index (χ4n) is 2.58. The number of rotatable bonds is 2. The molecular weight excluding hydrogens is 248 g/mol. The van der Waals surface area contributed by atoms with Gasteiger partial charge in [0.05, 0.1) is 5.69 Å². The van der Waals surface area contributed by atoms with E-state index in [1.54, 1.807) is 12.1 Å². The number of anilines is 1. The standard InChI is InChI=1S/C14H21F2N3/c1-9-7-19(8-10(2)18(9)3)12-5-4-11(6-17)13(15)14(12)16/h4-5,9-10H,6-8,17H2,1-3H3. The molecule has 0 saturated carbocycles. The number of benzene rings is 1. The summed E-state index contributed by atoms with van der Waals surface area (Å²) >= 11 is 0. The molecule has 0 amide bonds. The van der Waals surface area contributed by atoms with E-state index in [0.29, 0.717) is 30.9 Å². The van der Waals surface area contributed by atoms with Gasteiger partial charge in [-0.3, -0.25) is 4.90 Å². The maximum absolute atomic E-state index is 14.1. The van der Waals surface area contributed by atoms with Crippen LogP contribution >= 0.6 is 0 Å². The zero-order chi connectivity index (χ0) is 14.2. The monoisotopic (exact) mass is 269 g/mol. The topological polar surface area (TPSA) is 32.5 Å². The van der Waals surface area contributed by atoms with E-state index in [4.69, 9.17) is 5.73 Å². The van der Waals surface area contributed by atoms with Crippen LogP contribution in [0.3, 0.4) is 0 Å². The van der Waals surface area contributed by atoms with E-state index >= 15 is 0 Å². The third-order valence-corrected chi connectivity index (χ3v) is 4.06. The summed E-state index contributed by atoms with van der Waals surface area (Å²) < 4.78 is 27.9. The number of likely N-dealkylation sites (N-methyl/N-ethyl adjacent to an activating group) is 1. The summed E-state index contributed by atoms with van der Waals surface area (Å²) in [5, 5.41) is 0. The molecule has 0 radical (unpaired) electrons. The van der Waals surface area contributed by atoms with E-state index in [-0.39, 0.29) is 12.1 Å². The lowest BCUT2D eigenvalue weighted by Gasteiger charge is -2.43. The van der Waals surface area contributed by atoms with E-state index in [0.717, 1.165) is 0 Å². The van der Waals surface area contributed by atoms with Gasteiger partial charge in [0.15, 0.2) is 11.6 Å². The lowest BCUT2D eigenvalue weighted by atomic mass is 10.1. The second kappa shape index (κ2) is 5.43. The Labute approximate surface area is 113 Å². The smallest absolute Gasteiger partial charge is 0.182 e. The van der Waals surface area contributed by atoms with Gasteiger partial charge in [0, 0.05) is 37.3 Å². The molecule has 0 aromatic heterocycles. The van der Waals surface area contributed by atoms with Gasteiger partial charge in [0.2, 0.25) is 0 Å². The maximum Gasteiger partial charge on any atom is 0.182 e. The first-order valence-electron chi connectivity index (χ1n) is 6.59. The van der Waals surface area contributed by atoms with Crippen LogP contribution in [0, 0.1) is 11.6 Å². The van der Waals surface area contributed by atoms with Crippen LogP contribution in [0.5, 0.6) is 0 Å². The minimum Gasteiger partial charge on any atom is -0.366 e. The van der Waals surface area contributed by atoms with Crippen molar-refractivity contribution in [3.05, 3.63) is 29.3 Å². The summed E-state index contributed by atoms with van der Waals surface area (Å²) in [6.07, 6.45) is 0. The van der Waals surface area contributed by atoms with Crippen LogP contribution < -0.4 is 10.6 Å². The van der Waals surface area contributed by atoms with Crippen molar-refractivity contribution in [1.82, 2.24) is 4.90 Å². The van der Waals surface area contributed by atoms with Crippen molar-refractivity contribution in [1.29, 1.82) is 0 Å². The average Bonchev–Trinajstić information content (AvgIpc) is 2.38. The van der Waals surface area contributed by atoms with Crippen molar-refractivity contribution in [2.75, 3.05) is 25.0 Å². The highest BCUT2D eigenvalue weighted by Gasteiger charge is 2.28. The first-order chi connectivity index (χ1) is 8.95. The van der Waals surface area contributed by atoms with E-state index in [1.165, 1.54) is 0 Å². The molecule has 1 saturated heterocycles. The zero-order valence-corrected chi connectivity index (χ0v) is 11.7. The highest BCUT2D eigenvalue weighted by atomic mass is 19.2. The molecule has 1 fully saturated rings. The van der Waals surface area contributed by atoms with Gasteiger partial charge in [-0.15, -0.1) is 0 Å². The van der Waals surface area contributed by atoms with Crippen LogP contribution in [-0.4, -0.2) is 37.1 Å². The molecule has 2 N–H and O–H groups in total. The molecule has 0 aliphatic carbocycles. The van der Waals surface area contributed by atoms with Gasteiger partial charge < -0.3 is 10.6 Å². The van der Waals surface area contributed by atoms with E-state index < -0.39 is 11.6 Å². The van der Waals surface area contributed by atoms with Gasteiger partial charge >= 0.3 is 0 Å². The highest BCUT2D eigenvalue weighted by Crippen LogP contribution is 2.27. The third kappa shape index (κ3) is 2.58. The molecule has 2 rings (SSSR count). The van der Waals surface area contributed by atoms with Crippen molar-refractivity contribution in [2.45, 2.75) is 32.5 Å². The molecule has 1 aromatic rings. The van der Waals surface area contributed by atoms with E-state index in [1.807, 2.05) is 4.90 Å². The molecule has 0 spiro atoms. The molecule has 1 heterocycles. The Bertz CT molecular complexity index is 452. The van der Waals surface area contributed by atoms with E-state index in [9.17, 15) is 8.78 Å². The third-order valence-electron chi connectivity index (χ3n) is 4.06. The van der Waals surface area contributed by atoms with Gasteiger partial charge in [0.25, 0.3) is 0 Å². The number of nitrogens with zero attached hydrogens (tertiary/aromatic N) is 2. The summed E-state index contributed by atoms with van der Waals surface area (Å²) in [5.74, 6) is -1.61. The second-order valence-corrected chi connectivity index (χ2v) is 5.34. The highest BCUT2D eigenvalue weighted by molar-refractivity contribution is 5.50. The zero-order valence-electron chi connectivity index (χ0n) is 11.7. The van der Waals surface area contributed by atoms with Crippen LogP contribution in [-0.2, 0) is 6.54 Å². The van der Waals surface area contributed by atoms with Gasteiger partial charge in [-0.2, -0.15) is 0 Å². The van der Waals surface area contributed by atoms with Crippen molar-refractivity contribution in [2.24, 2.45) is 5.73 Å². The van der Waals surface area contributed by atoms with Crippen LogP contribution in [0.25, 0.3) is 0 Å². The molecule has 1 aliphatic heterocycles. The summed E-state index contributed by atoms with van der Waals surface area (Å²) in [6.45, 7) is 5.58. The molecular formula is C14H21F2N3. The van der Waals surface area contributed by atoms with Crippen LogP contribution in [0.15, 0.2) is 12.1 Å². The fourth-order valence-corrected chi connectivity index (χ4v) is 2.58. The summed E-state index contributed by atoms with van der Waals surface area (Å²) in [7, 11) is 2.06. The van der Waals surface area contributed by atoms with Crippen molar-refractivity contribution in [3.8, 4) is 0 Å². The Balaban J connectivity index is 2.30. The Morgan fingerprint density at radius 1 is 1.16 bits per heavy atom. The van der Waals surface area contributed by atoms with Crippen molar-refractivity contribution >= 4 is 5.69 Å². The SMILES string of the molecule is CC1CN(c2ccc(CN)c(F)c2F)CC(C)N1C. The fraction of sp³-hybridized carbons (Fsp3) is 0.571. The predicted octanol–water partition coefficient (Wildman–Crippen LogP) is 1.95. The minimum atomic E-state index is -0.820. The normalized spacial score (nSPS) is 24.8. The molecule has 106 valence electrons. The van der Waals surface area contributed by atoms with Crippen molar-refractivity contribution < 1.29 is 8.78 Å². The number of hydrogen-bond acceptors (Lipinski definition) is 3. The Morgan fingerprint density at radius 3 is 2.26 bits per heavy atom. The molecule has 19 heavy (non-hydrogen) atoms. The lowest BCUT2D eigenvalue weighted by Crippen LogP contribution is -2.55. The Hall–Kier alpha value is -1.20. The molecule has 2 atom stereocenters. The number of halogens is 2. The van der Waals surface area contributed by atoms with Gasteiger partial charge in [-0.25, -0.2) is 8.78 Å². The van der Waals surface area contributed by atoms with Crippen LogP contribution in [0.4, 0.5) is 14.5 Å². The van der Waals surface area contributed by atoms with Crippen LogP contribution in [0.1, 0.15) is 19.4 Å². The maximum atomic E-state index is 14.1. The molecule has 1 aromatic carbocycles. The molecule has 2 unspecified atom stereocenters. The quantitative estimate of drug-likeness (QED) is 0.890. The van der Waals surface area contributed by atoms with Gasteiger partial charge in [0.1, 0.15) is 0 Å². The number of piperazine rings is 1. The Kier molecular flexibility index (Phi) is 4.06. The van der Waals surface area contributed by atoms with Crippen LogP contribution in [0.2, 0.25) is 0 Å². The van der Waals surface area contributed by atoms with Crippen molar-refractivity contribution in [3.63, 3.8) is 0 Å². The molecule has 0 bridgehead atoms. The summed E-state index contributed by atoms with van der Waals surface area (Å²) in [6, 6.07) is 3.81. The molecule has 1 aliphatic rings. The number of nitrogens with two attached hydrogens (primary N) is 1. The second-order valence-electron chi connectivity index (χ2n) is 5.34. The molecule has 5 heteroatoms. The summed E-state index contributed by atoms with van der Waals surface area (Å²) in [4.78, 5) is 4.16. The molecule has 3 nitrogen and oxygen atoms in total. The lowest BCUT2D eigenvalue weighted by molar-refractivity contribution is 0.169. The number of hydrogen-bond donors (Lipinski definition) is 1. The van der Waals surface area contributed by atoms with E-state index in [2.05, 4.69) is 25.8 Å². The Morgan fingerprint density at radius 2 is 1.74 bits per heavy atom. The predicted molar refractivity (Wildman–Crippen MR) is 73.1 cm³/mol. The summed E-state index contributed by atoms with van der Waals surface area (Å²) in [5.41, 5.74) is 5.94. The van der Waals surface area contributed by atoms with Gasteiger partial charge in [-0.1, -0.05) is 6.07 Å². The first kappa shape index (κ1) is 14.2.